The van der Waals surface area contributed by atoms with Gasteiger partial charge < -0.3 is 14.7 Å². The Balaban J connectivity index is 1.41. The molecule has 5 heteroatoms. The Labute approximate surface area is 184 Å². The number of aryl methyl sites for hydroxylation is 1. The first-order valence-corrected chi connectivity index (χ1v) is 11.0. The number of hydrogen-bond donors (Lipinski definition) is 1. The minimum Gasteiger partial charge on any atom is -0.487 e. The SMILES string of the molecule is Cc1ccc(C(C)(C)c2ccc(OCc3ccnc(N4CCC[C@H](O)C4)n3)cc2)cc1. The van der Waals surface area contributed by atoms with Gasteiger partial charge in [0.25, 0.3) is 0 Å². The van der Waals surface area contributed by atoms with Crippen molar-refractivity contribution in [3.63, 3.8) is 0 Å². The van der Waals surface area contributed by atoms with E-state index in [1.165, 1.54) is 16.7 Å². The van der Waals surface area contributed by atoms with Crippen LogP contribution >= 0.6 is 0 Å². The smallest absolute Gasteiger partial charge is 0.225 e. The molecule has 1 atom stereocenters. The molecule has 162 valence electrons. The summed E-state index contributed by atoms with van der Waals surface area (Å²) >= 11 is 0. The lowest BCUT2D eigenvalue weighted by molar-refractivity contribution is 0.153. The van der Waals surface area contributed by atoms with Gasteiger partial charge in [-0.25, -0.2) is 9.97 Å². The van der Waals surface area contributed by atoms with Crippen molar-refractivity contribution in [3.8, 4) is 5.75 Å². The minimum absolute atomic E-state index is 0.0766. The third-order valence-corrected chi connectivity index (χ3v) is 6.12. The molecule has 0 amide bonds. The predicted molar refractivity (Wildman–Crippen MR) is 124 cm³/mol. The molecule has 0 saturated carbocycles. The van der Waals surface area contributed by atoms with E-state index in [0.29, 0.717) is 19.1 Å². The molecule has 1 aliphatic heterocycles. The van der Waals surface area contributed by atoms with Crippen molar-refractivity contribution in [3.05, 3.63) is 83.2 Å². The summed E-state index contributed by atoms with van der Waals surface area (Å²) in [4.78, 5) is 11.0. The average molecular weight is 418 g/mol. The van der Waals surface area contributed by atoms with Gasteiger partial charge in [0.2, 0.25) is 5.95 Å². The number of anilines is 1. The van der Waals surface area contributed by atoms with E-state index in [9.17, 15) is 5.11 Å². The molecule has 0 unspecified atom stereocenters. The maximum atomic E-state index is 9.90. The highest BCUT2D eigenvalue weighted by Crippen LogP contribution is 2.32. The van der Waals surface area contributed by atoms with Gasteiger partial charge in [0.1, 0.15) is 12.4 Å². The van der Waals surface area contributed by atoms with E-state index in [-0.39, 0.29) is 11.5 Å². The first kappa shape index (κ1) is 21.3. The van der Waals surface area contributed by atoms with Crippen molar-refractivity contribution in [2.45, 2.75) is 51.7 Å². The van der Waals surface area contributed by atoms with E-state index in [1.54, 1.807) is 6.20 Å². The van der Waals surface area contributed by atoms with Crippen LogP contribution in [-0.4, -0.2) is 34.3 Å². The molecule has 5 nitrogen and oxygen atoms in total. The van der Waals surface area contributed by atoms with Gasteiger partial charge in [-0.15, -0.1) is 0 Å². The largest absolute Gasteiger partial charge is 0.487 e. The lowest BCUT2D eigenvalue weighted by Gasteiger charge is -2.30. The van der Waals surface area contributed by atoms with Gasteiger partial charge in [-0.3, -0.25) is 0 Å². The van der Waals surface area contributed by atoms with Gasteiger partial charge in [-0.2, -0.15) is 0 Å². The molecule has 1 fully saturated rings. The van der Waals surface area contributed by atoms with E-state index < -0.39 is 0 Å². The molecule has 0 spiro atoms. The third kappa shape index (κ3) is 5.05. The molecule has 4 rings (SSSR count). The van der Waals surface area contributed by atoms with Crippen molar-refractivity contribution in [2.75, 3.05) is 18.0 Å². The van der Waals surface area contributed by atoms with Crippen molar-refractivity contribution >= 4 is 5.95 Å². The summed E-state index contributed by atoms with van der Waals surface area (Å²) in [5, 5.41) is 9.90. The highest BCUT2D eigenvalue weighted by molar-refractivity contribution is 5.41. The van der Waals surface area contributed by atoms with E-state index in [0.717, 1.165) is 30.8 Å². The monoisotopic (exact) mass is 417 g/mol. The third-order valence-electron chi connectivity index (χ3n) is 6.12. The Bertz CT molecular complexity index is 1000. The second-order valence-corrected chi connectivity index (χ2v) is 8.89. The Hall–Kier alpha value is -2.92. The average Bonchev–Trinajstić information content (AvgIpc) is 2.78. The fraction of sp³-hybridized carbons (Fsp3) is 0.385. The van der Waals surface area contributed by atoms with Gasteiger partial charge >= 0.3 is 0 Å². The van der Waals surface area contributed by atoms with Crippen molar-refractivity contribution in [1.29, 1.82) is 0 Å². The molecular formula is C26H31N3O2. The van der Waals surface area contributed by atoms with Crippen LogP contribution in [0, 0.1) is 6.92 Å². The zero-order chi connectivity index (χ0) is 21.8. The van der Waals surface area contributed by atoms with Crippen LogP contribution in [0.2, 0.25) is 0 Å². The van der Waals surface area contributed by atoms with Gasteiger partial charge in [0, 0.05) is 24.7 Å². The molecule has 0 bridgehead atoms. The van der Waals surface area contributed by atoms with Crippen LogP contribution in [-0.2, 0) is 12.0 Å². The summed E-state index contributed by atoms with van der Waals surface area (Å²) < 4.78 is 5.99. The topological polar surface area (TPSA) is 58.5 Å². The zero-order valence-electron chi connectivity index (χ0n) is 18.6. The molecule has 2 aromatic carbocycles. The zero-order valence-corrected chi connectivity index (χ0v) is 18.6. The number of β-amino-alcohol motifs (C(OH)–C–C–N with tert-alkyl or cyclic N) is 1. The normalized spacial score (nSPS) is 16.9. The molecule has 1 N–H and O–H groups in total. The summed E-state index contributed by atoms with van der Waals surface area (Å²) in [5.41, 5.74) is 4.56. The fourth-order valence-electron chi connectivity index (χ4n) is 4.02. The highest BCUT2D eigenvalue weighted by Gasteiger charge is 2.23. The molecule has 1 aromatic heterocycles. The van der Waals surface area contributed by atoms with E-state index in [2.05, 4.69) is 67.1 Å². The molecule has 3 aromatic rings. The van der Waals surface area contributed by atoms with Crippen molar-refractivity contribution in [1.82, 2.24) is 9.97 Å². The molecule has 0 radical (unpaired) electrons. The number of aromatic nitrogens is 2. The molecule has 31 heavy (non-hydrogen) atoms. The fourth-order valence-corrected chi connectivity index (χ4v) is 4.02. The molecule has 1 aliphatic rings. The van der Waals surface area contributed by atoms with Crippen molar-refractivity contribution < 1.29 is 9.84 Å². The second kappa shape index (κ2) is 9.06. The first-order chi connectivity index (χ1) is 14.9. The Morgan fingerprint density at radius 1 is 1.03 bits per heavy atom. The van der Waals surface area contributed by atoms with E-state index in [1.807, 2.05) is 23.1 Å². The van der Waals surface area contributed by atoms with Crippen LogP contribution in [0.3, 0.4) is 0 Å². The summed E-state index contributed by atoms with van der Waals surface area (Å²) in [6.07, 6.45) is 3.25. The maximum Gasteiger partial charge on any atom is 0.225 e. The lowest BCUT2D eigenvalue weighted by atomic mass is 9.78. The maximum absolute atomic E-state index is 9.90. The van der Waals surface area contributed by atoms with Crippen LogP contribution in [0.25, 0.3) is 0 Å². The number of rotatable bonds is 6. The Kier molecular flexibility index (Phi) is 6.23. The van der Waals surface area contributed by atoms with Gasteiger partial charge in [0.05, 0.1) is 11.8 Å². The molecule has 1 saturated heterocycles. The predicted octanol–water partition coefficient (Wildman–Crippen LogP) is 4.65. The highest BCUT2D eigenvalue weighted by atomic mass is 16.5. The Morgan fingerprint density at radius 2 is 1.71 bits per heavy atom. The van der Waals surface area contributed by atoms with Crippen LogP contribution in [0.4, 0.5) is 5.95 Å². The second-order valence-electron chi connectivity index (χ2n) is 8.89. The number of aliphatic hydroxyl groups excluding tert-OH is 1. The van der Waals surface area contributed by atoms with Gasteiger partial charge in [-0.05, 0) is 49.1 Å². The van der Waals surface area contributed by atoms with E-state index >= 15 is 0 Å². The standard InChI is InChI=1S/C26H31N3O2/c1-19-6-8-20(9-7-19)26(2,3)21-10-12-24(13-11-21)31-18-22-14-15-27-25(28-22)29-16-4-5-23(30)17-29/h6-15,23,30H,4-5,16-18H2,1-3H3/t23-/m0/s1. The number of hydrogen-bond acceptors (Lipinski definition) is 5. The van der Waals surface area contributed by atoms with Gasteiger partial charge in [-0.1, -0.05) is 55.8 Å². The first-order valence-electron chi connectivity index (χ1n) is 11.0. The van der Waals surface area contributed by atoms with Crippen LogP contribution in [0.5, 0.6) is 5.75 Å². The number of benzene rings is 2. The van der Waals surface area contributed by atoms with Gasteiger partial charge in [0.15, 0.2) is 0 Å². The summed E-state index contributed by atoms with van der Waals surface area (Å²) in [7, 11) is 0. The van der Waals surface area contributed by atoms with Crippen LogP contribution < -0.4 is 9.64 Å². The summed E-state index contributed by atoms with van der Waals surface area (Å²) in [6, 6.07) is 18.9. The molecule has 2 heterocycles. The number of piperidine rings is 1. The lowest BCUT2D eigenvalue weighted by Crippen LogP contribution is -2.39. The van der Waals surface area contributed by atoms with Crippen LogP contribution in [0.15, 0.2) is 60.8 Å². The summed E-state index contributed by atoms with van der Waals surface area (Å²) in [6.45, 7) is 8.44. The Morgan fingerprint density at radius 3 is 2.39 bits per heavy atom. The number of nitrogens with zero attached hydrogens (tertiary/aromatic N) is 3. The number of ether oxygens (including phenoxy) is 1. The van der Waals surface area contributed by atoms with Crippen LogP contribution in [0.1, 0.15) is 49.1 Å². The molecule has 0 aliphatic carbocycles. The summed E-state index contributed by atoms with van der Waals surface area (Å²) in [5.74, 6) is 1.48. The number of aliphatic hydroxyl groups is 1. The van der Waals surface area contributed by atoms with Crippen molar-refractivity contribution in [2.24, 2.45) is 0 Å². The minimum atomic E-state index is -0.306. The molecular weight excluding hydrogens is 386 g/mol. The quantitative estimate of drug-likeness (QED) is 0.633. The van der Waals surface area contributed by atoms with E-state index in [4.69, 9.17) is 4.74 Å².